The first-order valence-electron chi connectivity index (χ1n) is 6.33. The van der Waals surface area contributed by atoms with Crippen LogP contribution in [-0.2, 0) is 13.0 Å². The van der Waals surface area contributed by atoms with E-state index in [2.05, 4.69) is 21.3 Å². The highest BCUT2D eigenvalue weighted by Crippen LogP contribution is 2.36. The van der Waals surface area contributed by atoms with E-state index in [0.29, 0.717) is 6.04 Å². The molecule has 0 radical (unpaired) electrons. The van der Waals surface area contributed by atoms with Crippen LogP contribution in [0.5, 0.6) is 0 Å². The Labute approximate surface area is 120 Å². The number of aromatic nitrogens is 1. The molecule has 4 rings (SSSR count). The van der Waals surface area contributed by atoms with Crippen LogP contribution in [0.3, 0.4) is 0 Å². The standard InChI is InChI=1S/C14H13N3S2/c1-2-11(7-15-4-1)16-14-17-8-10-3-5-18-13(10)6-12(17)9-19-14/h1-5,7,12H,6,8-9H2. The Bertz CT molecular complexity index is 621. The topological polar surface area (TPSA) is 28.5 Å². The zero-order valence-corrected chi connectivity index (χ0v) is 12.0. The summed E-state index contributed by atoms with van der Waals surface area (Å²) in [5.74, 6) is 1.15. The summed E-state index contributed by atoms with van der Waals surface area (Å²) in [6.45, 7) is 1.01. The van der Waals surface area contributed by atoms with Crippen LogP contribution in [0.15, 0.2) is 41.0 Å². The van der Waals surface area contributed by atoms with Crippen molar-refractivity contribution < 1.29 is 0 Å². The number of hydrogen-bond donors (Lipinski definition) is 0. The molecule has 0 N–H and O–H groups in total. The summed E-state index contributed by atoms with van der Waals surface area (Å²) in [6.07, 6.45) is 4.78. The molecule has 3 nitrogen and oxygen atoms in total. The first-order valence-corrected chi connectivity index (χ1v) is 8.20. The Morgan fingerprint density at radius 1 is 1.37 bits per heavy atom. The number of aliphatic imine (C=N–C) groups is 1. The Balaban J connectivity index is 1.65. The van der Waals surface area contributed by atoms with Crippen LogP contribution >= 0.6 is 23.1 Å². The van der Waals surface area contributed by atoms with Gasteiger partial charge in [-0.25, -0.2) is 4.99 Å². The molecule has 0 amide bonds. The highest BCUT2D eigenvalue weighted by Gasteiger charge is 2.34. The number of pyridine rings is 1. The zero-order valence-electron chi connectivity index (χ0n) is 10.3. The second-order valence-electron chi connectivity index (χ2n) is 4.77. The molecular formula is C14H13N3S2. The Kier molecular flexibility index (Phi) is 2.81. The molecule has 2 aliphatic heterocycles. The Morgan fingerprint density at radius 2 is 2.37 bits per heavy atom. The molecule has 0 spiro atoms. The summed E-state index contributed by atoms with van der Waals surface area (Å²) in [6, 6.07) is 6.81. The minimum Gasteiger partial charge on any atom is -0.343 e. The molecule has 1 unspecified atom stereocenters. The number of thiophene rings is 1. The van der Waals surface area contributed by atoms with E-state index in [9.17, 15) is 0 Å². The van der Waals surface area contributed by atoms with Crippen LogP contribution in [-0.4, -0.2) is 26.8 Å². The van der Waals surface area contributed by atoms with E-state index in [4.69, 9.17) is 4.99 Å². The van der Waals surface area contributed by atoms with E-state index in [1.165, 1.54) is 12.0 Å². The molecule has 96 valence electrons. The maximum atomic E-state index is 4.75. The number of nitrogens with zero attached hydrogens (tertiary/aromatic N) is 3. The highest BCUT2D eigenvalue weighted by molar-refractivity contribution is 8.14. The molecule has 0 aliphatic carbocycles. The molecule has 1 atom stereocenters. The predicted molar refractivity (Wildman–Crippen MR) is 81.1 cm³/mol. The number of fused-ring (bicyclic) bond motifs is 2. The number of thioether (sulfide) groups is 1. The lowest BCUT2D eigenvalue weighted by atomic mass is 10.0. The molecule has 5 heteroatoms. The van der Waals surface area contributed by atoms with Crippen LogP contribution in [0.25, 0.3) is 0 Å². The van der Waals surface area contributed by atoms with Crippen molar-refractivity contribution in [3.8, 4) is 0 Å². The van der Waals surface area contributed by atoms with Gasteiger partial charge in [0.15, 0.2) is 5.17 Å². The Hall–Kier alpha value is -1.33. The van der Waals surface area contributed by atoms with Crippen LogP contribution in [0.1, 0.15) is 10.4 Å². The van der Waals surface area contributed by atoms with Crippen LogP contribution in [0.4, 0.5) is 5.69 Å². The van der Waals surface area contributed by atoms with Crippen molar-refractivity contribution in [1.82, 2.24) is 9.88 Å². The molecular weight excluding hydrogens is 274 g/mol. The average Bonchev–Trinajstić information content (AvgIpc) is 3.05. The van der Waals surface area contributed by atoms with Crippen LogP contribution in [0, 0.1) is 0 Å². The second kappa shape index (κ2) is 4.65. The van der Waals surface area contributed by atoms with Crippen molar-refractivity contribution in [1.29, 1.82) is 0 Å². The molecule has 2 aromatic rings. The second-order valence-corrected chi connectivity index (χ2v) is 6.76. The fourth-order valence-electron chi connectivity index (χ4n) is 2.58. The van der Waals surface area contributed by atoms with Crippen LogP contribution in [0.2, 0.25) is 0 Å². The third kappa shape index (κ3) is 2.07. The van der Waals surface area contributed by atoms with Gasteiger partial charge in [-0.1, -0.05) is 11.8 Å². The largest absolute Gasteiger partial charge is 0.343 e. The minimum atomic E-state index is 0.617. The van der Waals surface area contributed by atoms with Crippen molar-refractivity contribution in [3.63, 3.8) is 0 Å². The van der Waals surface area contributed by atoms with Gasteiger partial charge in [0.1, 0.15) is 0 Å². The first-order chi connectivity index (χ1) is 9.40. The molecule has 2 aliphatic rings. The van der Waals surface area contributed by atoms with E-state index in [-0.39, 0.29) is 0 Å². The summed E-state index contributed by atoms with van der Waals surface area (Å²) in [7, 11) is 0. The molecule has 0 aromatic carbocycles. The van der Waals surface area contributed by atoms with Gasteiger partial charge in [-0.2, -0.15) is 0 Å². The fourth-order valence-corrected chi connectivity index (χ4v) is 4.73. The normalized spacial score (nSPS) is 23.5. The van der Waals surface area contributed by atoms with Crippen molar-refractivity contribution in [2.24, 2.45) is 4.99 Å². The maximum absolute atomic E-state index is 4.75. The number of rotatable bonds is 1. The molecule has 0 bridgehead atoms. The monoisotopic (exact) mass is 287 g/mol. The molecule has 1 saturated heterocycles. The lowest BCUT2D eigenvalue weighted by Gasteiger charge is -2.30. The summed E-state index contributed by atoms with van der Waals surface area (Å²) < 4.78 is 0. The summed E-state index contributed by atoms with van der Waals surface area (Å²) in [5, 5.41) is 3.35. The number of hydrogen-bond acceptors (Lipinski definition) is 4. The van der Waals surface area contributed by atoms with Gasteiger partial charge in [-0.3, -0.25) is 4.98 Å². The average molecular weight is 287 g/mol. The fraction of sp³-hybridized carbons (Fsp3) is 0.286. The molecule has 2 aromatic heterocycles. The molecule has 0 saturated carbocycles. The van der Waals surface area contributed by atoms with E-state index in [0.717, 1.165) is 23.2 Å². The zero-order chi connectivity index (χ0) is 12.7. The van der Waals surface area contributed by atoms with Gasteiger partial charge in [-0.15, -0.1) is 11.3 Å². The van der Waals surface area contributed by atoms with E-state index in [1.807, 2.05) is 41.4 Å². The minimum absolute atomic E-state index is 0.617. The van der Waals surface area contributed by atoms with Gasteiger partial charge >= 0.3 is 0 Å². The summed E-state index contributed by atoms with van der Waals surface area (Å²) >= 11 is 3.76. The summed E-state index contributed by atoms with van der Waals surface area (Å²) in [4.78, 5) is 12.9. The van der Waals surface area contributed by atoms with Crippen molar-refractivity contribution >= 4 is 34.0 Å². The predicted octanol–water partition coefficient (Wildman–Crippen LogP) is 3.30. The molecule has 4 heterocycles. The lowest BCUT2D eigenvalue weighted by Crippen LogP contribution is -2.38. The third-order valence-corrected chi connectivity index (χ3v) is 5.68. The quantitative estimate of drug-likeness (QED) is 0.805. The van der Waals surface area contributed by atoms with Gasteiger partial charge in [0.2, 0.25) is 0 Å². The van der Waals surface area contributed by atoms with Crippen molar-refractivity contribution in [2.45, 2.75) is 19.0 Å². The number of amidine groups is 1. The van der Waals surface area contributed by atoms with E-state index >= 15 is 0 Å². The lowest BCUT2D eigenvalue weighted by molar-refractivity contribution is 0.323. The first kappa shape index (κ1) is 11.5. The van der Waals surface area contributed by atoms with Gasteiger partial charge in [-0.05, 0) is 29.1 Å². The van der Waals surface area contributed by atoms with Gasteiger partial charge in [0, 0.05) is 35.8 Å². The Morgan fingerprint density at radius 3 is 3.26 bits per heavy atom. The third-order valence-electron chi connectivity index (χ3n) is 3.56. The molecule has 1 fully saturated rings. The highest BCUT2D eigenvalue weighted by atomic mass is 32.2. The SMILES string of the molecule is c1cncc(N=C2SCC3Cc4sccc4CN23)c1. The molecule has 19 heavy (non-hydrogen) atoms. The van der Waals surface area contributed by atoms with Gasteiger partial charge in [0.05, 0.1) is 11.9 Å². The van der Waals surface area contributed by atoms with E-state index < -0.39 is 0 Å². The van der Waals surface area contributed by atoms with Crippen molar-refractivity contribution in [3.05, 3.63) is 46.4 Å². The summed E-state index contributed by atoms with van der Waals surface area (Å²) in [5.41, 5.74) is 2.42. The maximum Gasteiger partial charge on any atom is 0.165 e. The van der Waals surface area contributed by atoms with Gasteiger partial charge in [0.25, 0.3) is 0 Å². The smallest absolute Gasteiger partial charge is 0.165 e. The van der Waals surface area contributed by atoms with E-state index in [1.54, 1.807) is 11.1 Å². The van der Waals surface area contributed by atoms with Crippen molar-refractivity contribution in [2.75, 3.05) is 5.75 Å². The van der Waals surface area contributed by atoms with Gasteiger partial charge < -0.3 is 4.90 Å². The van der Waals surface area contributed by atoms with Crippen LogP contribution < -0.4 is 0 Å².